The van der Waals surface area contributed by atoms with E-state index in [9.17, 15) is 0 Å². The van der Waals surface area contributed by atoms with Crippen LogP contribution in [0.2, 0.25) is 5.15 Å². The van der Waals surface area contributed by atoms with Crippen molar-refractivity contribution in [2.75, 3.05) is 25.1 Å². The molecule has 1 fully saturated rings. The number of ether oxygens (including phenoxy) is 1. The molecule has 4 nitrogen and oxygen atoms in total. The molecule has 1 aromatic heterocycles. The monoisotopic (exact) mass is 241 g/mol. The van der Waals surface area contributed by atoms with E-state index in [1.54, 1.807) is 12.4 Å². The maximum absolute atomic E-state index is 5.93. The fourth-order valence-corrected chi connectivity index (χ4v) is 1.95. The van der Waals surface area contributed by atoms with Gasteiger partial charge in [-0.05, 0) is 18.3 Å². The Hall–Kier alpha value is -0.870. The zero-order valence-electron chi connectivity index (χ0n) is 9.37. The smallest absolute Gasteiger partial charge is 0.171 e. The lowest BCUT2D eigenvalue weighted by Crippen LogP contribution is -2.33. The van der Waals surface area contributed by atoms with E-state index in [2.05, 4.69) is 22.2 Å². The fourth-order valence-electron chi connectivity index (χ4n) is 1.78. The van der Waals surface area contributed by atoms with Crippen LogP contribution in [0.4, 0.5) is 5.82 Å². The number of aromatic nitrogens is 2. The Morgan fingerprint density at radius 1 is 1.38 bits per heavy atom. The maximum atomic E-state index is 5.93. The number of hydrogen-bond acceptors (Lipinski definition) is 4. The molecule has 5 heteroatoms. The van der Waals surface area contributed by atoms with E-state index in [4.69, 9.17) is 16.3 Å². The third-order valence-corrected chi connectivity index (χ3v) is 3.31. The highest BCUT2D eigenvalue weighted by Crippen LogP contribution is 2.30. The van der Waals surface area contributed by atoms with Crippen molar-refractivity contribution in [3.63, 3.8) is 0 Å². The lowest BCUT2D eigenvalue weighted by atomic mass is 9.82. The molecule has 0 atom stereocenters. The summed E-state index contributed by atoms with van der Waals surface area (Å²) in [5, 5.41) is 3.69. The molecule has 1 aliphatic rings. The Morgan fingerprint density at radius 2 is 2.06 bits per heavy atom. The summed E-state index contributed by atoms with van der Waals surface area (Å²) in [6.45, 7) is 4.79. The second-order valence-corrected chi connectivity index (χ2v) is 4.83. The lowest BCUT2D eigenvalue weighted by Gasteiger charge is -2.33. The highest BCUT2D eigenvalue weighted by Gasteiger charge is 2.27. The van der Waals surface area contributed by atoms with Gasteiger partial charge in [-0.15, -0.1) is 0 Å². The zero-order valence-corrected chi connectivity index (χ0v) is 10.1. The summed E-state index contributed by atoms with van der Waals surface area (Å²) < 4.78 is 5.36. The number of hydrogen-bond donors (Lipinski definition) is 1. The van der Waals surface area contributed by atoms with E-state index in [1.807, 2.05) is 0 Å². The van der Waals surface area contributed by atoms with Gasteiger partial charge in [-0.3, -0.25) is 0 Å². The summed E-state index contributed by atoms with van der Waals surface area (Å²) in [7, 11) is 0. The van der Waals surface area contributed by atoms with Gasteiger partial charge in [0, 0.05) is 32.2 Å². The summed E-state index contributed by atoms with van der Waals surface area (Å²) >= 11 is 5.93. The standard InChI is InChI=1S/C11H16ClN3O/c1-11(2-6-16-7-3-11)8-15-10-9(12)13-4-5-14-10/h4-5H,2-3,6-8H2,1H3,(H,14,15). The van der Waals surface area contributed by atoms with Gasteiger partial charge in [0.05, 0.1) is 0 Å². The van der Waals surface area contributed by atoms with Gasteiger partial charge in [-0.1, -0.05) is 18.5 Å². The van der Waals surface area contributed by atoms with Gasteiger partial charge in [-0.2, -0.15) is 0 Å². The van der Waals surface area contributed by atoms with Crippen LogP contribution in [0.15, 0.2) is 12.4 Å². The largest absolute Gasteiger partial charge is 0.381 e. The molecule has 0 saturated carbocycles. The second kappa shape index (κ2) is 4.97. The molecule has 2 heterocycles. The molecule has 1 aliphatic heterocycles. The normalized spacial score (nSPS) is 19.4. The van der Waals surface area contributed by atoms with Crippen molar-refractivity contribution >= 4 is 17.4 Å². The Labute approximate surface area is 100 Å². The Bertz CT molecular complexity index is 353. The third kappa shape index (κ3) is 2.83. The predicted molar refractivity (Wildman–Crippen MR) is 63.7 cm³/mol. The molecule has 0 aromatic carbocycles. The number of anilines is 1. The molecule has 0 aliphatic carbocycles. The van der Waals surface area contributed by atoms with Crippen molar-refractivity contribution in [1.29, 1.82) is 0 Å². The highest BCUT2D eigenvalue weighted by molar-refractivity contribution is 6.31. The second-order valence-electron chi connectivity index (χ2n) is 4.47. The highest BCUT2D eigenvalue weighted by atomic mass is 35.5. The summed E-state index contributed by atoms with van der Waals surface area (Å²) in [5.74, 6) is 0.664. The van der Waals surface area contributed by atoms with Crippen LogP contribution < -0.4 is 5.32 Å². The first-order chi connectivity index (χ1) is 7.70. The molecule has 1 N–H and O–H groups in total. The van der Waals surface area contributed by atoms with Gasteiger partial charge in [0.2, 0.25) is 0 Å². The first-order valence-corrected chi connectivity index (χ1v) is 5.86. The number of rotatable bonds is 3. The van der Waals surface area contributed by atoms with E-state index >= 15 is 0 Å². The van der Waals surface area contributed by atoms with Crippen molar-refractivity contribution in [2.24, 2.45) is 5.41 Å². The molecule has 88 valence electrons. The van der Waals surface area contributed by atoms with Crippen molar-refractivity contribution in [2.45, 2.75) is 19.8 Å². The molecule has 0 bridgehead atoms. The number of nitrogens with zero attached hydrogens (tertiary/aromatic N) is 2. The summed E-state index contributed by atoms with van der Waals surface area (Å²) in [6, 6.07) is 0. The van der Waals surface area contributed by atoms with E-state index in [-0.39, 0.29) is 5.41 Å². The fraction of sp³-hybridized carbons (Fsp3) is 0.636. The topological polar surface area (TPSA) is 47.0 Å². The molecule has 0 radical (unpaired) electrons. The molecule has 0 unspecified atom stereocenters. The van der Waals surface area contributed by atoms with Gasteiger partial charge >= 0.3 is 0 Å². The molecule has 1 aromatic rings. The molecule has 0 amide bonds. The average molecular weight is 242 g/mol. The Morgan fingerprint density at radius 3 is 2.75 bits per heavy atom. The number of nitrogens with one attached hydrogen (secondary N) is 1. The predicted octanol–water partition coefficient (Wildman–Crippen LogP) is 2.36. The maximum Gasteiger partial charge on any atom is 0.171 e. The SMILES string of the molecule is CC1(CNc2nccnc2Cl)CCOCC1. The van der Waals surface area contributed by atoms with Gasteiger partial charge in [0.15, 0.2) is 11.0 Å². The van der Waals surface area contributed by atoms with Crippen LogP contribution in [0.25, 0.3) is 0 Å². The lowest BCUT2D eigenvalue weighted by molar-refractivity contribution is 0.0300. The van der Waals surface area contributed by atoms with Crippen molar-refractivity contribution < 1.29 is 4.74 Å². The quantitative estimate of drug-likeness (QED) is 0.883. The van der Waals surface area contributed by atoms with E-state index in [1.165, 1.54) is 0 Å². The van der Waals surface area contributed by atoms with Crippen molar-refractivity contribution in [3.8, 4) is 0 Å². The Balaban J connectivity index is 1.94. The van der Waals surface area contributed by atoms with Crippen LogP contribution in [-0.4, -0.2) is 29.7 Å². The average Bonchev–Trinajstić information content (AvgIpc) is 2.29. The van der Waals surface area contributed by atoms with Crippen LogP contribution >= 0.6 is 11.6 Å². The summed E-state index contributed by atoms with van der Waals surface area (Å²) in [5.41, 5.74) is 0.263. The van der Waals surface area contributed by atoms with Gasteiger partial charge < -0.3 is 10.1 Å². The van der Waals surface area contributed by atoms with Crippen LogP contribution in [-0.2, 0) is 4.74 Å². The van der Waals surface area contributed by atoms with E-state index < -0.39 is 0 Å². The molecule has 16 heavy (non-hydrogen) atoms. The molecule has 2 rings (SSSR count). The Kier molecular flexibility index (Phi) is 3.61. The van der Waals surface area contributed by atoms with Gasteiger partial charge in [-0.25, -0.2) is 9.97 Å². The third-order valence-electron chi connectivity index (χ3n) is 3.04. The molecular formula is C11H16ClN3O. The van der Waals surface area contributed by atoms with Crippen molar-refractivity contribution in [3.05, 3.63) is 17.5 Å². The van der Waals surface area contributed by atoms with Crippen molar-refractivity contribution in [1.82, 2.24) is 9.97 Å². The minimum absolute atomic E-state index is 0.263. The van der Waals surface area contributed by atoms with Gasteiger partial charge in [0.1, 0.15) is 0 Å². The first-order valence-electron chi connectivity index (χ1n) is 5.48. The van der Waals surface area contributed by atoms with Crippen LogP contribution in [0.1, 0.15) is 19.8 Å². The van der Waals surface area contributed by atoms with Crippen LogP contribution in [0.3, 0.4) is 0 Å². The molecule has 1 saturated heterocycles. The van der Waals surface area contributed by atoms with E-state index in [0.717, 1.165) is 32.6 Å². The minimum Gasteiger partial charge on any atom is -0.381 e. The summed E-state index contributed by atoms with van der Waals surface area (Å²) in [4.78, 5) is 8.14. The summed E-state index contributed by atoms with van der Waals surface area (Å²) in [6.07, 6.45) is 5.36. The van der Waals surface area contributed by atoms with Crippen LogP contribution in [0, 0.1) is 5.41 Å². The zero-order chi connectivity index (χ0) is 11.4. The minimum atomic E-state index is 0.263. The van der Waals surface area contributed by atoms with Gasteiger partial charge in [0.25, 0.3) is 0 Å². The first kappa shape index (κ1) is 11.6. The number of halogens is 1. The molecular weight excluding hydrogens is 226 g/mol. The van der Waals surface area contributed by atoms with E-state index in [0.29, 0.717) is 11.0 Å². The van der Waals surface area contributed by atoms with Crippen LogP contribution in [0.5, 0.6) is 0 Å². The molecule has 0 spiro atoms.